The topological polar surface area (TPSA) is 51.0 Å². The lowest BCUT2D eigenvalue weighted by atomic mass is 9.94. The van der Waals surface area contributed by atoms with Gasteiger partial charge in [-0.25, -0.2) is 0 Å². The Balaban J connectivity index is 1.83. The molecule has 0 amide bonds. The molecule has 2 heterocycles. The van der Waals surface area contributed by atoms with E-state index in [0.717, 1.165) is 18.5 Å². The third-order valence-electron chi connectivity index (χ3n) is 3.68. The molecular weight excluding hydrogens is 238 g/mol. The third kappa shape index (κ3) is 2.68. The Bertz CT molecular complexity index is 564. The number of hydrogen-bond acceptors (Lipinski definition) is 4. The number of aromatic nitrogens is 2. The first-order chi connectivity index (χ1) is 9.22. The Morgan fingerprint density at radius 1 is 1.37 bits per heavy atom. The van der Waals surface area contributed by atoms with Gasteiger partial charge in [-0.15, -0.1) is 0 Å². The summed E-state index contributed by atoms with van der Waals surface area (Å²) in [5, 5.41) is 7.55. The summed E-state index contributed by atoms with van der Waals surface area (Å²) in [7, 11) is 0. The highest BCUT2D eigenvalue weighted by Gasteiger charge is 2.24. The quantitative estimate of drug-likeness (QED) is 0.898. The van der Waals surface area contributed by atoms with Crippen molar-refractivity contribution in [2.24, 2.45) is 5.92 Å². The molecule has 0 saturated carbocycles. The summed E-state index contributed by atoms with van der Waals surface area (Å²) in [6.45, 7) is 5.36. The van der Waals surface area contributed by atoms with Crippen molar-refractivity contribution in [3.63, 3.8) is 0 Å². The molecule has 4 heteroatoms. The zero-order valence-electron chi connectivity index (χ0n) is 11.4. The number of rotatable bonds is 2. The van der Waals surface area contributed by atoms with Crippen molar-refractivity contribution in [2.45, 2.75) is 32.7 Å². The monoisotopic (exact) mass is 257 g/mol. The maximum absolute atomic E-state index is 5.42. The van der Waals surface area contributed by atoms with Crippen LogP contribution in [0.25, 0.3) is 11.4 Å². The summed E-state index contributed by atoms with van der Waals surface area (Å²) >= 11 is 0. The Morgan fingerprint density at radius 3 is 3.05 bits per heavy atom. The number of benzene rings is 1. The number of hydrogen-bond donors (Lipinski definition) is 1. The van der Waals surface area contributed by atoms with Gasteiger partial charge in [0, 0.05) is 5.56 Å². The van der Waals surface area contributed by atoms with Crippen LogP contribution in [0.1, 0.15) is 37.3 Å². The molecule has 3 rings (SSSR count). The summed E-state index contributed by atoms with van der Waals surface area (Å²) < 4.78 is 5.42. The van der Waals surface area contributed by atoms with Crippen LogP contribution in [-0.2, 0) is 0 Å². The average Bonchev–Trinajstić information content (AvgIpc) is 2.88. The zero-order valence-corrected chi connectivity index (χ0v) is 11.4. The molecule has 0 aliphatic carbocycles. The highest BCUT2D eigenvalue weighted by molar-refractivity contribution is 5.55. The second-order valence-electron chi connectivity index (χ2n) is 5.46. The molecule has 100 valence electrons. The van der Waals surface area contributed by atoms with Gasteiger partial charge in [0.05, 0.1) is 6.04 Å². The molecule has 1 aromatic heterocycles. The molecule has 0 bridgehead atoms. The van der Waals surface area contributed by atoms with E-state index in [4.69, 9.17) is 4.52 Å². The van der Waals surface area contributed by atoms with Crippen LogP contribution in [0.15, 0.2) is 28.8 Å². The van der Waals surface area contributed by atoms with Crippen molar-refractivity contribution < 1.29 is 4.52 Å². The smallest absolute Gasteiger partial charge is 0.244 e. The Morgan fingerprint density at radius 2 is 2.26 bits per heavy atom. The molecular formula is C15H19N3O. The maximum Gasteiger partial charge on any atom is 0.244 e. The van der Waals surface area contributed by atoms with E-state index >= 15 is 0 Å². The molecule has 1 aromatic carbocycles. The number of aryl methyl sites for hydroxylation is 1. The predicted molar refractivity (Wildman–Crippen MR) is 73.6 cm³/mol. The summed E-state index contributed by atoms with van der Waals surface area (Å²) in [4.78, 5) is 4.54. The average molecular weight is 257 g/mol. The molecule has 1 N–H and O–H groups in total. The fraction of sp³-hybridized carbons (Fsp3) is 0.467. The lowest BCUT2D eigenvalue weighted by molar-refractivity contribution is 0.260. The second kappa shape index (κ2) is 5.13. The van der Waals surface area contributed by atoms with Crippen molar-refractivity contribution in [3.05, 3.63) is 35.7 Å². The van der Waals surface area contributed by atoms with E-state index in [1.54, 1.807) is 0 Å². The van der Waals surface area contributed by atoms with E-state index in [1.807, 2.05) is 12.1 Å². The SMILES string of the molecule is Cc1cccc(-c2noc(C3CC(C)CCN3)n2)c1. The van der Waals surface area contributed by atoms with Gasteiger partial charge in [-0.3, -0.25) is 0 Å². The van der Waals surface area contributed by atoms with E-state index in [1.165, 1.54) is 12.0 Å². The molecule has 4 nitrogen and oxygen atoms in total. The van der Waals surface area contributed by atoms with E-state index in [2.05, 4.69) is 41.4 Å². The molecule has 0 spiro atoms. The van der Waals surface area contributed by atoms with Gasteiger partial charge in [0.15, 0.2) is 0 Å². The van der Waals surface area contributed by atoms with Crippen LogP contribution in [0.2, 0.25) is 0 Å². The molecule has 2 atom stereocenters. The first-order valence-electron chi connectivity index (χ1n) is 6.86. The van der Waals surface area contributed by atoms with Gasteiger partial charge in [0.2, 0.25) is 11.7 Å². The minimum Gasteiger partial charge on any atom is -0.337 e. The van der Waals surface area contributed by atoms with Gasteiger partial charge in [-0.1, -0.05) is 35.8 Å². The molecule has 1 saturated heterocycles. The van der Waals surface area contributed by atoms with Gasteiger partial charge < -0.3 is 9.84 Å². The normalized spacial score (nSPS) is 23.5. The highest BCUT2D eigenvalue weighted by Crippen LogP contribution is 2.27. The van der Waals surface area contributed by atoms with Crippen molar-refractivity contribution in [2.75, 3.05) is 6.54 Å². The van der Waals surface area contributed by atoms with E-state index in [-0.39, 0.29) is 6.04 Å². The fourth-order valence-corrected chi connectivity index (χ4v) is 2.57. The molecule has 0 radical (unpaired) electrons. The molecule has 1 aliphatic rings. The Kier molecular flexibility index (Phi) is 3.34. The lowest BCUT2D eigenvalue weighted by Gasteiger charge is -2.25. The van der Waals surface area contributed by atoms with Crippen LogP contribution in [0.5, 0.6) is 0 Å². The Hall–Kier alpha value is -1.68. The molecule has 2 aromatic rings. The van der Waals surface area contributed by atoms with Crippen molar-refractivity contribution in [3.8, 4) is 11.4 Å². The van der Waals surface area contributed by atoms with Gasteiger partial charge in [-0.2, -0.15) is 4.98 Å². The van der Waals surface area contributed by atoms with Crippen molar-refractivity contribution in [1.82, 2.24) is 15.5 Å². The summed E-state index contributed by atoms with van der Waals surface area (Å²) in [6.07, 6.45) is 2.28. The van der Waals surface area contributed by atoms with Gasteiger partial charge in [0.1, 0.15) is 0 Å². The number of nitrogens with zero attached hydrogens (tertiary/aromatic N) is 2. The fourth-order valence-electron chi connectivity index (χ4n) is 2.57. The first-order valence-corrected chi connectivity index (χ1v) is 6.86. The van der Waals surface area contributed by atoms with Gasteiger partial charge >= 0.3 is 0 Å². The van der Waals surface area contributed by atoms with Gasteiger partial charge in [-0.05, 0) is 38.3 Å². The van der Waals surface area contributed by atoms with Gasteiger partial charge in [0.25, 0.3) is 0 Å². The highest BCUT2D eigenvalue weighted by atomic mass is 16.5. The molecule has 19 heavy (non-hydrogen) atoms. The standard InChI is InChI=1S/C15H19N3O/c1-10-4-3-5-12(8-10)14-17-15(19-18-14)13-9-11(2)6-7-16-13/h3-5,8,11,13,16H,6-7,9H2,1-2H3. The summed E-state index contributed by atoms with van der Waals surface area (Å²) in [6, 6.07) is 8.37. The van der Waals surface area contributed by atoms with Crippen molar-refractivity contribution >= 4 is 0 Å². The van der Waals surface area contributed by atoms with E-state index < -0.39 is 0 Å². The maximum atomic E-state index is 5.42. The number of piperidine rings is 1. The van der Waals surface area contributed by atoms with Crippen LogP contribution >= 0.6 is 0 Å². The van der Waals surface area contributed by atoms with E-state index in [0.29, 0.717) is 17.6 Å². The molecule has 1 fully saturated rings. The van der Waals surface area contributed by atoms with Crippen molar-refractivity contribution in [1.29, 1.82) is 0 Å². The lowest BCUT2D eigenvalue weighted by Crippen LogP contribution is -2.30. The summed E-state index contributed by atoms with van der Waals surface area (Å²) in [5.41, 5.74) is 2.21. The minimum atomic E-state index is 0.204. The van der Waals surface area contributed by atoms with Crippen LogP contribution < -0.4 is 5.32 Å². The second-order valence-corrected chi connectivity index (χ2v) is 5.46. The first kappa shape index (κ1) is 12.4. The zero-order chi connectivity index (χ0) is 13.2. The van der Waals surface area contributed by atoms with Crippen LogP contribution in [0.4, 0.5) is 0 Å². The molecule has 1 aliphatic heterocycles. The Labute approximate surface area is 113 Å². The third-order valence-corrected chi connectivity index (χ3v) is 3.68. The van der Waals surface area contributed by atoms with Crippen LogP contribution in [-0.4, -0.2) is 16.7 Å². The predicted octanol–water partition coefficient (Wildman–Crippen LogP) is 3.11. The van der Waals surface area contributed by atoms with Crippen LogP contribution in [0, 0.1) is 12.8 Å². The summed E-state index contributed by atoms with van der Waals surface area (Å²) in [5.74, 6) is 2.10. The number of nitrogens with one attached hydrogen (secondary N) is 1. The minimum absolute atomic E-state index is 0.204. The van der Waals surface area contributed by atoms with Crippen LogP contribution in [0.3, 0.4) is 0 Å². The molecule has 2 unspecified atom stereocenters. The van der Waals surface area contributed by atoms with E-state index in [9.17, 15) is 0 Å². The largest absolute Gasteiger partial charge is 0.337 e.